The van der Waals surface area contributed by atoms with E-state index in [1.807, 2.05) is 6.07 Å². The van der Waals surface area contributed by atoms with Gasteiger partial charge >= 0.3 is 0 Å². The lowest BCUT2D eigenvalue weighted by Crippen LogP contribution is -2.43. The predicted octanol–water partition coefficient (Wildman–Crippen LogP) is 2.44. The number of rotatable bonds is 5. The van der Waals surface area contributed by atoms with Gasteiger partial charge in [0, 0.05) is 30.8 Å². The third kappa shape index (κ3) is 4.42. The van der Waals surface area contributed by atoms with Crippen LogP contribution in [-0.2, 0) is 9.59 Å². The number of nitrogens with two attached hydrogens (primary N) is 1. The van der Waals surface area contributed by atoms with Gasteiger partial charge in [-0.2, -0.15) is 0 Å². The van der Waals surface area contributed by atoms with Crippen LogP contribution in [-0.4, -0.2) is 53.7 Å². The van der Waals surface area contributed by atoms with E-state index in [-0.39, 0.29) is 30.2 Å². The first kappa shape index (κ1) is 22.5. The Labute approximate surface area is 197 Å². The molecule has 32 heavy (non-hydrogen) atoms. The van der Waals surface area contributed by atoms with Crippen LogP contribution in [0.25, 0.3) is 0 Å². The zero-order chi connectivity index (χ0) is 23.0. The number of primary amides is 1. The maximum Gasteiger partial charge on any atom is 0.261 e. The Bertz CT molecular complexity index is 1100. The quantitative estimate of drug-likeness (QED) is 0.632. The van der Waals surface area contributed by atoms with Crippen molar-refractivity contribution in [2.75, 3.05) is 18.0 Å². The van der Waals surface area contributed by atoms with Gasteiger partial charge in [-0.25, -0.2) is 0 Å². The number of hydrogen-bond acceptors (Lipinski definition) is 5. The summed E-state index contributed by atoms with van der Waals surface area (Å²) in [5.74, 6) is -1.01. The number of amides is 4. The summed E-state index contributed by atoms with van der Waals surface area (Å²) in [7, 11) is 0. The zero-order valence-electron chi connectivity index (χ0n) is 17.5. The fourth-order valence-electron chi connectivity index (χ4n) is 4.26. The van der Waals surface area contributed by atoms with Gasteiger partial charge < -0.3 is 20.9 Å². The van der Waals surface area contributed by atoms with Gasteiger partial charge in [-0.05, 0) is 71.6 Å². The van der Waals surface area contributed by atoms with Gasteiger partial charge in [0.1, 0.15) is 6.04 Å². The van der Waals surface area contributed by atoms with Gasteiger partial charge in [-0.15, -0.1) is 11.3 Å². The molecule has 2 aromatic rings. The van der Waals surface area contributed by atoms with Gasteiger partial charge in [0.2, 0.25) is 11.8 Å². The minimum absolute atomic E-state index is 0.0885. The van der Waals surface area contributed by atoms with Crippen LogP contribution in [0, 0.1) is 6.92 Å². The van der Waals surface area contributed by atoms with Crippen molar-refractivity contribution >= 4 is 56.6 Å². The van der Waals surface area contributed by atoms with E-state index in [1.165, 1.54) is 16.2 Å². The molecule has 10 heteroatoms. The van der Waals surface area contributed by atoms with Crippen LogP contribution < -0.4 is 16.0 Å². The molecule has 2 aliphatic heterocycles. The van der Waals surface area contributed by atoms with E-state index < -0.39 is 11.9 Å². The number of anilines is 1. The van der Waals surface area contributed by atoms with E-state index in [9.17, 15) is 19.2 Å². The van der Waals surface area contributed by atoms with Crippen molar-refractivity contribution in [3.8, 4) is 0 Å². The molecule has 1 aromatic carbocycles. The molecule has 8 nitrogen and oxygen atoms in total. The topological polar surface area (TPSA) is 113 Å². The van der Waals surface area contributed by atoms with E-state index in [2.05, 4.69) is 21.2 Å². The van der Waals surface area contributed by atoms with Crippen molar-refractivity contribution in [3.63, 3.8) is 0 Å². The molecule has 2 saturated heterocycles. The smallest absolute Gasteiger partial charge is 0.261 e. The summed E-state index contributed by atoms with van der Waals surface area (Å²) in [6.45, 7) is 2.67. The highest BCUT2D eigenvalue weighted by molar-refractivity contribution is 9.11. The SMILES string of the molecule is Cc1cc(N2CC(NC(=O)c3ccc(Br)s3)CC2=O)ccc1C(=O)N1CCC[C@@H]1C(N)=O. The number of nitrogens with zero attached hydrogens (tertiary/aromatic N) is 2. The number of aryl methyl sites for hydroxylation is 1. The fraction of sp³-hybridized carbons (Fsp3) is 0.364. The predicted molar refractivity (Wildman–Crippen MR) is 125 cm³/mol. The molecule has 0 saturated carbocycles. The van der Waals surface area contributed by atoms with Gasteiger partial charge in [0.25, 0.3) is 11.8 Å². The molecule has 2 atom stereocenters. The minimum Gasteiger partial charge on any atom is -0.368 e. The number of thiophene rings is 1. The highest BCUT2D eigenvalue weighted by atomic mass is 79.9. The van der Waals surface area contributed by atoms with Crippen LogP contribution in [0.15, 0.2) is 34.1 Å². The van der Waals surface area contributed by atoms with Crippen molar-refractivity contribution in [1.82, 2.24) is 10.2 Å². The number of likely N-dealkylation sites (tertiary alicyclic amines) is 1. The molecular formula is C22H23BrN4O4S. The van der Waals surface area contributed by atoms with E-state index in [1.54, 1.807) is 36.1 Å². The summed E-state index contributed by atoms with van der Waals surface area (Å²) in [4.78, 5) is 53.4. The van der Waals surface area contributed by atoms with Gasteiger partial charge in [0.05, 0.1) is 14.7 Å². The molecule has 1 aromatic heterocycles. The average molecular weight is 519 g/mol. The number of benzene rings is 1. The molecule has 4 rings (SSSR count). The van der Waals surface area contributed by atoms with Crippen molar-refractivity contribution in [3.05, 3.63) is 50.1 Å². The van der Waals surface area contributed by atoms with Crippen molar-refractivity contribution in [1.29, 1.82) is 0 Å². The lowest BCUT2D eigenvalue weighted by atomic mass is 10.1. The fourth-order valence-corrected chi connectivity index (χ4v) is 5.55. The monoisotopic (exact) mass is 518 g/mol. The molecule has 3 N–H and O–H groups in total. The summed E-state index contributed by atoms with van der Waals surface area (Å²) in [5.41, 5.74) is 7.32. The Kier molecular flexibility index (Phi) is 6.34. The average Bonchev–Trinajstić information content (AvgIpc) is 3.47. The van der Waals surface area contributed by atoms with Gasteiger partial charge in [-0.1, -0.05) is 0 Å². The Morgan fingerprint density at radius 3 is 2.66 bits per heavy atom. The molecular weight excluding hydrogens is 496 g/mol. The Morgan fingerprint density at radius 2 is 2.00 bits per heavy atom. The molecule has 168 valence electrons. The first-order valence-corrected chi connectivity index (χ1v) is 11.9. The highest BCUT2D eigenvalue weighted by Gasteiger charge is 2.35. The maximum absolute atomic E-state index is 13.0. The van der Waals surface area contributed by atoms with E-state index >= 15 is 0 Å². The summed E-state index contributed by atoms with van der Waals surface area (Å²) in [5, 5.41) is 2.92. The molecule has 2 aliphatic rings. The van der Waals surface area contributed by atoms with Crippen LogP contribution in [0.5, 0.6) is 0 Å². The number of carbonyl (C=O) groups excluding carboxylic acids is 4. The first-order valence-electron chi connectivity index (χ1n) is 10.3. The summed E-state index contributed by atoms with van der Waals surface area (Å²) in [6.07, 6.45) is 1.54. The molecule has 0 aliphatic carbocycles. The van der Waals surface area contributed by atoms with Crippen molar-refractivity contribution < 1.29 is 19.2 Å². The third-order valence-electron chi connectivity index (χ3n) is 5.85. The van der Waals surface area contributed by atoms with Crippen LogP contribution in [0.2, 0.25) is 0 Å². The minimum atomic E-state index is -0.574. The molecule has 0 spiro atoms. The molecule has 1 unspecified atom stereocenters. The Morgan fingerprint density at radius 1 is 1.22 bits per heavy atom. The van der Waals surface area contributed by atoms with Crippen LogP contribution in [0.4, 0.5) is 5.69 Å². The zero-order valence-corrected chi connectivity index (χ0v) is 19.9. The second-order valence-electron chi connectivity index (χ2n) is 8.04. The van der Waals surface area contributed by atoms with Crippen molar-refractivity contribution in [2.45, 2.75) is 38.3 Å². The molecule has 3 heterocycles. The second-order valence-corrected chi connectivity index (χ2v) is 10.5. The summed E-state index contributed by atoms with van der Waals surface area (Å²) in [6, 6.07) is 7.89. The first-order chi connectivity index (χ1) is 15.2. The standard InChI is InChI=1S/C22H23BrN4O4S/c1-12-9-14(4-5-15(12)22(31)26-8-2-3-16(26)20(24)29)27-11-13(10-19(27)28)25-21(30)17-6-7-18(23)32-17/h4-7,9,13,16H,2-3,8,10-11H2,1H3,(H2,24,29)(H,25,30)/t13?,16-/m1/s1. The van der Waals surface area contributed by atoms with E-state index in [0.29, 0.717) is 41.2 Å². The molecule has 2 fully saturated rings. The largest absolute Gasteiger partial charge is 0.368 e. The Balaban J connectivity index is 1.45. The maximum atomic E-state index is 13.0. The van der Waals surface area contributed by atoms with Crippen LogP contribution >= 0.6 is 27.3 Å². The van der Waals surface area contributed by atoms with E-state index in [0.717, 1.165) is 10.2 Å². The number of hydrogen-bond donors (Lipinski definition) is 2. The molecule has 4 amide bonds. The Hall–Kier alpha value is -2.72. The van der Waals surface area contributed by atoms with Crippen LogP contribution in [0.1, 0.15) is 44.9 Å². The summed E-state index contributed by atoms with van der Waals surface area (Å²) >= 11 is 4.68. The van der Waals surface area contributed by atoms with Crippen molar-refractivity contribution in [2.24, 2.45) is 5.73 Å². The third-order valence-corrected chi connectivity index (χ3v) is 7.47. The van der Waals surface area contributed by atoms with Gasteiger partial charge in [0.15, 0.2) is 0 Å². The number of nitrogens with one attached hydrogen (secondary N) is 1. The molecule has 0 radical (unpaired) electrons. The molecule has 0 bridgehead atoms. The lowest BCUT2D eigenvalue weighted by molar-refractivity contribution is -0.121. The lowest BCUT2D eigenvalue weighted by Gasteiger charge is -2.24. The highest BCUT2D eigenvalue weighted by Crippen LogP contribution is 2.28. The number of carbonyl (C=O) groups is 4. The summed E-state index contributed by atoms with van der Waals surface area (Å²) < 4.78 is 0.868. The van der Waals surface area contributed by atoms with Gasteiger partial charge in [-0.3, -0.25) is 19.2 Å². The number of halogens is 1. The van der Waals surface area contributed by atoms with Crippen LogP contribution in [0.3, 0.4) is 0 Å². The second kappa shape index (κ2) is 9.03. The van der Waals surface area contributed by atoms with E-state index in [4.69, 9.17) is 5.73 Å². The normalized spacial score (nSPS) is 20.6.